The number of methoxy groups -OCH3 is 1. The Kier molecular flexibility index (Phi) is 6.72. The highest BCUT2D eigenvalue weighted by Crippen LogP contribution is 2.36. The Balaban J connectivity index is 1.81. The van der Waals surface area contributed by atoms with Crippen LogP contribution >= 0.6 is 11.6 Å². The van der Waals surface area contributed by atoms with Crippen molar-refractivity contribution in [3.8, 4) is 22.8 Å². The molecular weight excluding hydrogens is 511 g/mol. The Morgan fingerprint density at radius 1 is 1.14 bits per heavy atom. The number of benzene rings is 2. The summed E-state index contributed by atoms with van der Waals surface area (Å²) in [5, 5.41) is 5.56. The van der Waals surface area contributed by atoms with Crippen LogP contribution in [0.1, 0.15) is 21.7 Å². The number of nitrogens with one attached hydrogen (secondary N) is 1. The number of carbonyl (C=O) groups is 1. The van der Waals surface area contributed by atoms with E-state index in [0.717, 1.165) is 6.07 Å². The van der Waals surface area contributed by atoms with Crippen LogP contribution in [0.15, 0.2) is 48.5 Å². The number of hydrogen-bond acceptors (Lipinski definition) is 5. The second-order valence-corrected chi connectivity index (χ2v) is 7.86. The number of carbonyl (C=O) groups excluding carboxylic acids is 1. The molecule has 0 unspecified atom stereocenters. The number of hydrogen-bond donors (Lipinski definition) is 1. The number of aromatic nitrogens is 3. The molecule has 0 aliphatic heterocycles. The highest BCUT2D eigenvalue weighted by atomic mass is 35.5. The fourth-order valence-electron chi connectivity index (χ4n) is 3.38. The van der Waals surface area contributed by atoms with Crippen molar-refractivity contribution in [2.24, 2.45) is 0 Å². The number of fused-ring (bicyclic) bond motifs is 1. The fraction of sp³-hybridized carbons (Fsp3) is 0.174. The minimum Gasteiger partial charge on any atom is -0.497 e. The average molecular weight is 527 g/mol. The lowest BCUT2D eigenvalue weighted by molar-refractivity contribution is -0.142. The first-order chi connectivity index (χ1) is 17.0. The standard InChI is InChI=1S/C23H16ClF5N4O3/c1-11-6-7-14(16(8-11)36-22(25)26)31-21(34)19-18(24)20-30-15(12-4-3-5-13(9-12)35-2)10-17(23(27,28)29)33(20)32-19/h3-10,22H,1-2H3,(H,31,34). The van der Waals surface area contributed by atoms with Crippen LogP contribution in [0.25, 0.3) is 16.9 Å². The zero-order valence-electron chi connectivity index (χ0n) is 18.5. The molecule has 4 rings (SSSR count). The molecule has 0 bridgehead atoms. The van der Waals surface area contributed by atoms with E-state index in [2.05, 4.69) is 20.1 Å². The summed E-state index contributed by atoms with van der Waals surface area (Å²) in [7, 11) is 1.40. The molecule has 4 aromatic rings. The molecule has 1 N–H and O–H groups in total. The topological polar surface area (TPSA) is 77.8 Å². The van der Waals surface area contributed by atoms with Gasteiger partial charge in [-0.05, 0) is 42.8 Å². The predicted molar refractivity (Wildman–Crippen MR) is 121 cm³/mol. The van der Waals surface area contributed by atoms with E-state index >= 15 is 0 Å². The molecule has 0 atom stereocenters. The summed E-state index contributed by atoms with van der Waals surface area (Å²) in [4.78, 5) is 17.1. The van der Waals surface area contributed by atoms with Crippen LogP contribution < -0.4 is 14.8 Å². The van der Waals surface area contributed by atoms with Gasteiger partial charge in [0.1, 0.15) is 16.5 Å². The monoisotopic (exact) mass is 526 g/mol. The third-order valence-electron chi connectivity index (χ3n) is 5.01. The number of alkyl halides is 5. The molecule has 0 aliphatic rings. The molecule has 2 aromatic carbocycles. The van der Waals surface area contributed by atoms with Crippen LogP contribution in [0.4, 0.5) is 27.6 Å². The van der Waals surface area contributed by atoms with Crippen molar-refractivity contribution in [3.05, 3.63) is 70.5 Å². The summed E-state index contributed by atoms with van der Waals surface area (Å²) in [5.41, 5.74) is -1.63. The number of anilines is 1. The number of amides is 1. The number of ether oxygens (including phenoxy) is 2. The molecule has 0 saturated carbocycles. The number of halogens is 6. The lowest BCUT2D eigenvalue weighted by Crippen LogP contribution is -2.16. The van der Waals surface area contributed by atoms with Crippen molar-refractivity contribution >= 4 is 28.8 Å². The van der Waals surface area contributed by atoms with Gasteiger partial charge in [0.05, 0.1) is 18.5 Å². The minimum atomic E-state index is -4.88. The van der Waals surface area contributed by atoms with Gasteiger partial charge in [-0.15, -0.1) is 0 Å². The highest BCUT2D eigenvalue weighted by molar-refractivity contribution is 6.37. The third kappa shape index (κ3) is 5.03. The zero-order chi connectivity index (χ0) is 26.2. The second kappa shape index (κ2) is 9.61. The van der Waals surface area contributed by atoms with Crippen LogP contribution in [0.3, 0.4) is 0 Å². The summed E-state index contributed by atoms with van der Waals surface area (Å²) < 4.78 is 77.3. The number of rotatable bonds is 6. The van der Waals surface area contributed by atoms with Crippen molar-refractivity contribution in [2.75, 3.05) is 12.4 Å². The number of aryl methyl sites for hydroxylation is 1. The van der Waals surface area contributed by atoms with Gasteiger partial charge >= 0.3 is 12.8 Å². The van der Waals surface area contributed by atoms with E-state index in [1.807, 2.05) is 0 Å². The summed E-state index contributed by atoms with van der Waals surface area (Å²) in [6, 6.07) is 11.0. The van der Waals surface area contributed by atoms with Gasteiger partial charge in [0.15, 0.2) is 17.0 Å². The van der Waals surface area contributed by atoms with Crippen LogP contribution in [0, 0.1) is 6.92 Å². The molecule has 188 valence electrons. The summed E-state index contributed by atoms with van der Waals surface area (Å²) in [6.45, 7) is -1.55. The first kappa shape index (κ1) is 25.2. The molecule has 2 heterocycles. The smallest absolute Gasteiger partial charge is 0.433 e. The summed E-state index contributed by atoms with van der Waals surface area (Å²) in [6.07, 6.45) is -4.88. The molecule has 13 heteroatoms. The summed E-state index contributed by atoms with van der Waals surface area (Å²) >= 11 is 6.26. The van der Waals surface area contributed by atoms with Crippen LogP contribution in [-0.2, 0) is 6.18 Å². The Bertz CT molecular complexity index is 1460. The predicted octanol–water partition coefficient (Wildman–Crippen LogP) is 6.24. The van der Waals surface area contributed by atoms with Crippen molar-refractivity contribution in [2.45, 2.75) is 19.7 Å². The zero-order valence-corrected chi connectivity index (χ0v) is 19.3. The maximum Gasteiger partial charge on any atom is 0.433 e. The van der Waals surface area contributed by atoms with E-state index in [0.29, 0.717) is 21.4 Å². The SMILES string of the molecule is COc1cccc(-c2cc(C(F)(F)F)n3nc(C(=O)Nc4ccc(C)cc4OC(F)F)c(Cl)c3n2)c1. The summed E-state index contributed by atoms with van der Waals surface area (Å²) in [5.74, 6) is -1.00. The molecule has 0 aliphatic carbocycles. The lowest BCUT2D eigenvalue weighted by Gasteiger charge is -2.12. The van der Waals surface area contributed by atoms with Crippen molar-refractivity contribution in [1.82, 2.24) is 14.6 Å². The molecule has 0 saturated heterocycles. The molecule has 7 nitrogen and oxygen atoms in total. The average Bonchev–Trinajstić information content (AvgIpc) is 3.15. The van der Waals surface area contributed by atoms with Gasteiger partial charge in [-0.2, -0.15) is 27.1 Å². The van der Waals surface area contributed by atoms with Gasteiger partial charge in [-0.1, -0.05) is 29.8 Å². The van der Waals surface area contributed by atoms with Crippen molar-refractivity contribution in [3.63, 3.8) is 0 Å². The molecule has 36 heavy (non-hydrogen) atoms. The molecule has 0 fully saturated rings. The Morgan fingerprint density at radius 2 is 1.89 bits per heavy atom. The normalized spacial score (nSPS) is 11.7. The van der Waals surface area contributed by atoms with Gasteiger partial charge in [0, 0.05) is 5.56 Å². The fourth-order valence-corrected chi connectivity index (χ4v) is 3.62. The van der Waals surface area contributed by atoms with Crippen LogP contribution in [-0.4, -0.2) is 34.2 Å². The Hall–Kier alpha value is -3.93. The van der Waals surface area contributed by atoms with E-state index in [-0.39, 0.29) is 17.1 Å². The van der Waals surface area contributed by atoms with Crippen molar-refractivity contribution in [1.29, 1.82) is 0 Å². The van der Waals surface area contributed by atoms with Gasteiger partial charge in [0.2, 0.25) is 0 Å². The van der Waals surface area contributed by atoms with E-state index in [1.165, 1.54) is 37.4 Å². The quantitative estimate of drug-likeness (QED) is 0.301. The van der Waals surface area contributed by atoms with E-state index in [9.17, 15) is 26.7 Å². The molecule has 0 radical (unpaired) electrons. The van der Waals surface area contributed by atoms with E-state index < -0.39 is 40.8 Å². The van der Waals surface area contributed by atoms with Crippen LogP contribution in [0.2, 0.25) is 5.02 Å². The highest BCUT2D eigenvalue weighted by Gasteiger charge is 2.37. The maximum absolute atomic E-state index is 13.9. The molecular formula is C23H16ClF5N4O3. The van der Waals surface area contributed by atoms with Crippen molar-refractivity contribution < 1.29 is 36.2 Å². The van der Waals surface area contributed by atoms with Crippen LogP contribution in [0.5, 0.6) is 11.5 Å². The van der Waals surface area contributed by atoms with E-state index in [4.69, 9.17) is 16.3 Å². The Morgan fingerprint density at radius 3 is 2.56 bits per heavy atom. The lowest BCUT2D eigenvalue weighted by atomic mass is 10.1. The molecule has 1 amide bonds. The van der Waals surface area contributed by atoms with Gasteiger partial charge in [0.25, 0.3) is 5.91 Å². The maximum atomic E-state index is 13.9. The van der Waals surface area contributed by atoms with Gasteiger partial charge in [-0.25, -0.2) is 9.50 Å². The van der Waals surface area contributed by atoms with Gasteiger partial charge < -0.3 is 14.8 Å². The third-order valence-corrected chi connectivity index (χ3v) is 5.35. The second-order valence-electron chi connectivity index (χ2n) is 7.49. The first-order valence-corrected chi connectivity index (χ1v) is 10.5. The van der Waals surface area contributed by atoms with E-state index in [1.54, 1.807) is 19.1 Å². The largest absolute Gasteiger partial charge is 0.497 e. The Labute approximate surface area is 205 Å². The first-order valence-electron chi connectivity index (χ1n) is 10.2. The number of nitrogens with zero attached hydrogens (tertiary/aromatic N) is 3. The molecule has 2 aromatic heterocycles. The minimum absolute atomic E-state index is 0.0892. The molecule has 0 spiro atoms. The van der Waals surface area contributed by atoms with Gasteiger partial charge in [-0.3, -0.25) is 4.79 Å².